The minimum absolute atomic E-state index is 0.0794. The van der Waals surface area contributed by atoms with Crippen molar-refractivity contribution in [1.82, 2.24) is 0 Å². The quantitative estimate of drug-likeness (QED) is 0.581. The van der Waals surface area contributed by atoms with Gasteiger partial charge in [-0.3, -0.25) is 4.79 Å². The molecule has 0 aromatic rings. The molecular formula is C7H8BrF3O4. The molecule has 0 bridgehead atoms. The zero-order chi connectivity index (χ0) is 12.1. The van der Waals surface area contributed by atoms with Crippen molar-refractivity contribution in [3.63, 3.8) is 0 Å². The number of carbonyl (C=O) groups excluding carboxylic acids is 2. The number of alkyl halides is 4. The molecule has 4 nitrogen and oxygen atoms in total. The first-order chi connectivity index (χ1) is 6.81. The van der Waals surface area contributed by atoms with Crippen LogP contribution in [-0.2, 0) is 19.1 Å². The third-order valence-corrected chi connectivity index (χ3v) is 2.02. The Bertz CT molecular complexity index is 241. The maximum absolute atomic E-state index is 11.8. The molecule has 0 saturated heterocycles. The molecule has 8 heteroatoms. The highest BCUT2D eigenvalue weighted by molar-refractivity contribution is 9.09. The van der Waals surface area contributed by atoms with Crippen LogP contribution in [0.1, 0.15) is 6.42 Å². The normalized spacial score (nSPS) is 13.1. The lowest BCUT2D eigenvalue weighted by Crippen LogP contribution is -2.32. The van der Waals surface area contributed by atoms with Gasteiger partial charge < -0.3 is 9.47 Å². The molecule has 0 spiro atoms. The van der Waals surface area contributed by atoms with Crippen LogP contribution in [0.3, 0.4) is 0 Å². The Kier molecular flexibility index (Phi) is 5.63. The number of hydrogen-bond acceptors (Lipinski definition) is 4. The number of rotatable bonds is 4. The summed E-state index contributed by atoms with van der Waals surface area (Å²) >= 11 is 2.82. The average molecular weight is 293 g/mol. The van der Waals surface area contributed by atoms with Crippen LogP contribution in [0.5, 0.6) is 0 Å². The summed E-state index contributed by atoms with van der Waals surface area (Å²) in [5, 5.41) is -0.0794. The highest BCUT2D eigenvalue weighted by atomic mass is 79.9. The van der Waals surface area contributed by atoms with Gasteiger partial charge in [0.15, 0.2) is 0 Å². The highest BCUT2D eigenvalue weighted by Gasteiger charge is 2.42. The number of hydrogen-bond donors (Lipinski definition) is 0. The second-order valence-corrected chi connectivity index (χ2v) is 3.11. The first-order valence-corrected chi connectivity index (χ1v) is 4.84. The van der Waals surface area contributed by atoms with Gasteiger partial charge in [0.05, 0.1) is 13.5 Å². The molecule has 15 heavy (non-hydrogen) atoms. The summed E-state index contributed by atoms with van der Waals surface area (Å²) in [7, 11) is 1.08. The Hall–Kier alpha value is -0.790. The van der Waals surface area contributed by atoms with Crippen molar-refractivity contribution in [2.75, 3.05) is 12.4 Å². The molecule has 0 N–H and O–H groups in total. The molecule has 0 heterocycles. The summed E-state index contributed by atoms with van der Waals surface area (Å²) in [6.45, 7) is 0. The minimum atomic E-state index is -5.06. The topological polar surface area (TPSA) is 52.6 Å². The van der Waals surface area contributed by atoms with E-state index in [1.54, 1.807) is 0 Å². The summed E-state index contributed by atoms with van der Waals surface area (Å²) in [5.41, 5.74) is 0. The molecule has 88 valence electrons. The van der Waals surface area contributed by atoms with E-state index in [9.17, 15) is 22.8 Å². The Morgan fingerprint density at radius 3 is 2.27 bits per heavy atom. The van der Waals surface area contributed by atoms with E-state index < -0.39 is 30.6 Å². The summed E-state index contributed by atoms with van der Waals surface area (Å²) in [5.74, 6) is -3.08. The van der Waals surface area contributed by atoms with E-state index >= 15 is 0 Å². The molecule has 0 aromatic carbocycles. The molecule has 0 fully saturated rings. The monoisotopic (exact) mass is 292 g/mol. The maximum Gasteiger partial charge on any atom is 0.490 e. The molecule has 1 unspecified atom stereocenters. The first kappa shape index (κ1) is 14.2. The van der Waals surface area contributed by atoms with Crippen LogP contribution in [0.25, 0.3) is 0 Å². The SMILES string of the molecule is COC(=O)CC(CBr)OC(=O)C(F)(F)F. The van der Waals surface area contributed by atoms with Crippen LogP contribution in [-0.4, -0.2) is 36.7 Å². The highest BCUT2D eigenvalue weighted by Crippen LogP contribution is 2.18. The predicted molar refractivity (Wildman–Crippen MR) is 46.4 cm³/mol. The standard InChI is InChI=1S/C7H8BrF3O4/c1-14-5(12)2-4(3-8)15-6(13)7(9,10)11/h4H,2-3H2,1H3. The lowest BCUT2D eigenvalue weighted by molar-refractivity contribution is -0.204. The molecule has 1 atom stereocenters. The summed E-state index contributed by atoms with van der Waals surface area (Å²) in [6, 6.07) is 0. The minimum Gasteiger partial charge on any atom is -0.469 e. The van der Waals surface area contributed by atoms with Gasteiger partial charge in [-0.1, -0.05) is 15.9 Å². The van der Waals surface area contributed by atoms with Crippen LogP contribution in [0.2, 0.25) is 0 Å². The van der Waals surface area contributed by atoms with E-state index in [4.69, 9.17) is 0 Å². The summed E-state index contributed by atoms with van der Waals surface area (Å²) in [6.07, 6.45) is -6.67. The van der Waals surface area contributed by atoms with Gasteiger partial charge in [0.1, 0.15) is 6.10 Å². The van der Waals surface area contributed by atoms with Crippen molar-refractivity contribution in [3.05, 3.63) is 0 Å². The number of methoxy groups -OCH3 is 1. The van der Waals surface area contributed by atoms with E-state index in [2.05, 4.69) is 25.4 Å². The maximum atomic E-state index is 11.8. The van der Waals surface area contributed by atoms with Crippen LogP contribution in [0, 0.1) is 0 Å². The molecule has 0 aliphatic rings. The van der Waals surface area contributed by atoms with Gasteiger partial charge in [0.2, 0.25) is 0 Å². The van der Waals surface area contributed by atoms with Crippen molar-refractivity contribution in [1.29, 1.82) is 0 Å². The van der Waals surface area contributed by atoms with Crippen molar-refractivity contribution in [2.24, 2.45) is 0 Å². The van der Waals surface area contributed by atoms with E-state index in [0.717, 1.165) is 7.11 Å². The van der Waals surface area contributed by atoms with Gasteiger partial charge in [0.25, 0.3) is 0 Å². The molecule has 0 aliphatic heterocycles. The number of carbonyl (C=O) groups is 2. The average Bonchev–Trinajstić information content (AvgIpc) is 2.14. The molecular weight excluding hydrogens is 285 g/mol. The van der Waals surface area contributed by atoms with Crippen molar-refractivity contribution in [2.45, 2.75) is 18.7 Å². The lowest BCUT2D eigenvalue weighted by atomic mass is 10.3. The van der Waals surface area contributed by atoms with Gasteiger partial charge in [-0.25, -0.2) is 4.79 Å². The summed E-state index contributed by atoms with van der Waals surface area (Å²) < 4.78 is 43.5. The van der Waals surface area contributed by atoms with E-state index in [0.29, 0.717) is 0 Å². The third-order valence-electron chi connectivity index (χ3n) is 1.30. The van der Waals surface area contributed by atoms with E-state index in [-0.39, 0.29) is 5.33 Å². The van der Waals surface area contributed by atoms with Gasteiger partial charge in [-0.15, -0.1) is 0 Å². The van der Waals surface area contributed by atoms with Gasteiger partial charge in [0, 0.05) is 5.33 Å². The van der Waals surface area contributed by atoms with Crippen LogP contribution in [0.4, 0.5) is 13.2 Å². The zero-order valence-corrected chi connectivity index (χ0v) is 9.22. The van der Waals surface area contributed by atoms with E-state index in [1.165, 1.54) is 0 Å². The molecule has 0 saturated carbocycles. The fourth-order valence-electron chi connectivity index (χ4n) is 0.615. The fraction of sp³-hybridized carbons (Fsp3) is 0.714. The largest absolute Gasteiger partial charge is 0.490 e. The summed E-state index contributed by atoms with van der Waals surface area (Å²) in [4.78, 5) is 21.1. The Morgan fingerprint density at radius 1 is 1.40 bits per heavy atom. The Morgan fingerprint density at radius 2 is 1.93 bits per heavy atom. The van der Waals surface area contributed by atoms with Crippen molar-refractivity contribution in [3.8, 4) is 0 Å². The molecule has 0 aliphatic carbocycles. The van der Waals surface area contributed by atoms with Crippen LogP contribution >= 0.6 is 15.9 Å². The molecule has 0 aromatic heterocycles. The first-order valence-electron chi connectivity index (χ1n) is 3.71. The molecule has 0 amide bonds. The van der Waals surface area contributed by atoms with Crippen molar-refractivity contribution >= 4 is 27.9 Å². The molecule has 0 rings (SSSR count). The number of halogens is 4. The third kappa shape index (κ3) is 5.60. The predicted octanol–water partition coefficient (Wildman–Crippen LogP) is 1.42. The van der Waals surface area contributed by atoms with Crippen LogP contribution < -0.4 is 0 Å². The zero-order valence-electron chi connectivity index (χ0n) is 7.64. The van der Waals surface area contributed by atoms with Crippen LogP contribution in [0.15, 0.2) is 0 Å². The second-order valence-electron chi connectivity index (χ2n) is 2.46. The van der Waals surface area contributed by atoms with E-state index in [1.807, 2.05) is 0 Å². The fourth-order valence-corrected chi connectivity index (χ4v) is 0.976. The lowest BCUT2D eigenvalue weighted by Gasteiger charge is -2.15. The van der Waals surface area contributed by atoms with Crippen molar-refractivity contribution < 1.29 is 32.2 Å². The van der Waals surface area contributed by atoms with Gasteiger partial charge in [-0.2, -0.15) is 13.2 Å². The van der Waals surface area contributed by atoms with Gasteiger partial charge >= 0.3 is 18.1 Å². The second kappa shape index (κ2) is 5.94. The molecule has 0 radical (unpaired) electrons. The smallest absolute Gasteiger partial charge is 0.469 e. The number of esters is 2. The Labute approximate surface area is 91.8 Å². The number of ether oxygens (including phenoxy) is 2. The Balaban J connectivity index is 4.22. The van der Waals surface area contributed by atoms with Gasteiger partial charge in [-0.05, 0) is 0 Å².